The molecule has 2 aliphatic rings. The van der Waals surface area contributed by atoms with E-state index in [4.69, 9.17) is 9.84 Å². The van der Waals surface area contributed by atoms with E-state index in [9.17, 15) is 14.7 Å². The smallest absolute Gasteiger partial charge is 0.449 e. The van der Waals surface area contributed by atoms with Crippen molar-refractivity contribution < 1.29 is 24.5 Å². The van der Waals surface area contributed by atoms with Crippen molar-refractivity contribution in [2.75, 3.05) is 6.61 Å². The van der Waals surface area contributed by atoms with Crippen LogP contribution in [0.2, 0.25) is 0 Å². The molecule has 21 heavy (non-hydrogen) atoms. The van der Waals surface area contributed by atoms with Gasteiger partial charge in [-0.1, -0.05) is 11.8 Å². The minimum Gasteiger partial charge on any atom is -0.449 e. The Morgan fingerprint density at radius 1 is 1.52 bits per heavy atom. The molecular formula is C12H13N3O5S. The van der Waals surface area contributed by atoms with Crippen molar-refractivity contribution >= 4 is 28.9 Å². The van der Waals surface area contributed by atoms with Gasteiger partial charge in [0.15, 0.2) is 0 Å². The molecule has 8 nitrogen and oxygen atoms in total. The average Bonchev–Trinajstić information content (AvgIpc) is 2.89. The lowest BCUT2D eigenvalue weighted by Gasteiger charge is -2.40. The molecule has 1 aromatic heterocycles. The number of ether oxygens (including phenoxy) is 1. The maximum Gasteiger partial charge on any atom is 0.512 e. The molecule has 112 valence electrons. The molecule has 0 radical (unpaired) electrons. The minimum atomic E-state index is -1.49. The number of nitrogens with zero attached hydrogens (tertiary/aromatic N) is 3. The number of aliphatic hydroxyl groups is 1. The molecule has 1 aromatic rings. The lowest BCUT2D eigenvalue weighted by atomic mass is 10.00. The number of fused-ring (bicyclic) bond motifs is 1. The van der Waals surface area contributed by atoms with Crippen LogP contribution in [0.4, 0.5) is 4.79 Å². The SMILES string of the molecule is Cc1ncn(C2=C(OC(=O)O)N3C(=O)[C@H](CO)[C@H]3S2)c1C. The third kappa shape index (κ3) is 1.92. The van der Waals surface area contributed by atoms with Crippen LogP contribution in [0.15, 0.2) is 12.2 Å². The second-order valence-corrected chi connectivity index (χ2v) is 5.87. The number of hydrogen-bond acceptors (Lipinski definition) is 6. The molecule has 0 bridgehead atoms. The number of aromatic nitrogens is 2. The van der Waals surface area contributed by atoms with Crippen LogP contribution in [0, 0.1) is 19.8 Å². The molecular weight excluding hydrogens is 298 g/mol. The van der Waals surface area contributed by atoms with Gasteiger partial charge in [0.1, 0.15) is 16.7 Å². The number of imidazole rings is 1. The summed E-state index contributed by atoms with van der Waals surface area (Å²) >= 11 is 1.29. The fourth-order valence-electron chi connectivity index (χ4n) is 2.35. The number of thioether (sulfide) groups is 1. The maximum absolute atomic E-state index is 12.0. The molecule has 3 heterocycles. The van der Waals surface area contributed by atoms with E-state index in [1.807, 2.05) is 13.8 Å². The molecule has 0 unspecified atom stereocenters. The lowest BCUT2D eigenvalue weighted by molar-refractivity contribution is -0.151. The van der Waals surface area contributed by atoms with Crippen LogP contribution >= 0.6 is 11.8 Å². The Hall–Kier alpha value is -2.00. The number of hydrogen-bond donors (Lipinski definition) is 2. The van der Waals surface area contributed by atoms with Crippen molar-refractivity contribution in [2.24, 2.45) is 5.92 Å². The van der Waals surface area contributed by atoms with Gasteiger partial charge in [-0.2, -0.15) is 0 Å². The van der Waals surface area contributed by atoms with E-state index in [-0.39, 0.29) is 23.8 Å². The highest BCUT2D eigenvalue weighted by Crippen LogP contribution is 2.51. The van der Waals surface area contributed by atoms with Gasteiger partial charge in [-0.05, 0) is 13.8 Å². The predicted molar refractivity (Wildman–Crippen MR) is 72.8 cm³/mol. The fourth-order valence-corrected chi connectivity index (χ4v) is 3.79. The zero-order chi connectivity index (χ0) is 15.3. The quantitative estimate of drug-likeness (QED) is 0.628. The standard InChI is InChI=1S/C12H13N3O5S/c1-5-6(2)14(4-13-5)11-9(20-12(18)19)15-8(17)7(3-16)10(15)21-11/h4,7,10,16H,3H2,1-2H3,(H,18,19)/t7-,10+/m0/s1. The van der Waals surface area contributed by atoms with E-state index in [0.717, 1.165) is 11.4 Å². The Morgan fingerprint density at radius 2 is 2.24 bits per heavy atom. The van der Waals surface area contributed by atoms with Gasteiger partial charge in [0.2, 0.25) is 11.8 Å². The zero-order valence-electron chi connectivity index (χ0n) is 11.3. The van der Waals surface area contributed by atoms with Gasteiger partial charge in [-0.15, -0.1) is 0 Å². The van der Waals surface area contributed by atoms with Crippen molar-refractivity contribution in [3.8, 4) is 0 Å². The van der Waals surface area contributed by atoms with Gasteiger partial charge in [0.05, 0.1) is 18.2 Å². The molecule has 3 rings (SSSR count). The number of carbonyl (C=O) groups is 2. The van der Waals surface area contributed by atoms with Crippen molar-refractivity contribution in [1.29, 1.82) is 0 Å². The van der Waals surface area contributed by atoms with E-state index >= 15 is 0 Å². The monoisotopic (exact) mass is 311 g/mol. The average molecular weight is 311 g/mol. The van der Waals surface area contributed by atoms with Gasteiger partial charge in [-0.3, -0.25) is 14.3 Å². The Morgan fingerprint density at radius 3 is 2.76 bits per heavy atom. The first-order chi connectivity index (χ1) is 9.95. The highest BCUT2D eigenvalue weighted by molar-refractivity contribution is 8.08. The lowest BCUT2D eigenvalue weighted by Crippen LogP contribution is -2.58. The first kappa shape index (κ1) is 14.0. The summed E-state index contributed by atoms with van der Waals surface area (Å²) in [5.74, 6) is -0.895. The summed E-state index contributed by atoms with van der Waals surface area (Å²) in [6.45, 7) is 3.40. The van der Waals surface area contributed by atoms with Gasteiger partial charge in [-0.25, -0.2) is 9.78 Å². The molecule has 1 fully saturated rings. The normalized spacial score (nSPS) is 24.1. The number of aryl methyl sites for hydroxylation is 1. The highest BCUT2D eigenvalue weighted by atomic mass is 32.2. The third-order valence-electron chi connectivity index (χ3n) is 3.64. The van der Waals surface area contributed by atoms with Gasteiger partial charge in [0.25, 0.3) is 0 Å². The predicted octanol–water partition coefficient (Wildman–Crippen LogP) is 0.802. The molecule has 1 amide bonds. The number of carbonyl (C=O) groups excluding carboxylic acids is 1. The van der Waals surface area contributed by atoms with E-state index in [1.165, 1.54) is 16.7 Å². The molecule has 0 spiro atoms. The van der Waals surface area contributed by atoms with Crippen LogP contribution in [-0.2, 0) is 9.53 Å². The van der Waals surface area contributed by atoms with Crippen molar-refractivity contribution in [3.63, 3.8) is 0 Å². The summed E-state index contributed by atoms with van der Waals surface area (Å²) in [7, 11) is 0. The Labute approximate surface area is 124 Å². The second kappa shape index (κ2) is 4.78. The summed E-state index contributed by atoms with van der Waals surface area (Å²) in [4.78, 5) is 28.3. The van der Waals surface area contributed by atoms with Gasteiger partial charge >= 0.3 is 6.16 Å². The van der Waals surface area contributed by atoms with Crippen molar-refractivity contribution in [3.05, 3.63) is 23.6 Å². The van der Waals surface area contributed by atoms with Crippen molar-refractivity contribution in [1.82, 2.24) is 14.5 Å². The summed E-state index contributed by atoms with van der Waals surface area (Å²) in [6, 6.07) is 0. The topological polar surface area (TPSA) is 105 Å². The van der Waals surface area contributed by atoms with E-state index in [2.05, 4.69) is 4.98 Å². The van der Waals surface area contributed by atoms with Crippen LogP contribution in [-0.4, -0.2) is 48.7 Å². The Bertz CT molecular complexity index is 668. The number of β-lactam (4-membered cyclic amide) rings is 1. The Balaban J connectivity index is 2.04. The highest BCUT2D eigenvalue weighted by Gasteiger charge is 2.56. The first-order valence-corrected chi connectivity index (χ1v) is 7.10. The summed E-state index contributed by atoms with van der Waals surface area (Å²) in [6.07, 6.45) is 0.0705. The third-order valence-corrected chi connectivity index (χ3v) is 5.01. The molecule has 2 N–H and O–H groups in total. The first-order valence-electron chi connectivity index (χ1n) is 6.22. The molecule has 2 atom stereocenters. The van der Waals surface area contributed by atoms with Gasteiger partial charge in [0, 0.05) is 5.69 Å². The van der Waals surface area contributed by atoms with Crippen LogP contribution in [0.25, 0.3) is 5.03 Å². The van der Waals surface area contributed by atoms with E-state index in [1.54, 1.807) is 10.9 Å². The van der Waals surface area contributed by atoms with Crippen LogP contribution in [0.1, 0.15) is 11.4 Å². The number of rotatable bonds is 3. The minimum absolute atomic E-state index is 0.0206. The molecule has 1 saturated heterocycles. The van der Waals surface area contributed by atoms with Crippen molar-refractivity contribution in [2.45, 2.75) is 19.2 Å². The molecule has 0 aliphatic carbocycles. The fraction of sp³-hybridized carbons (Fsp3) is 0.417. The molecule has 2 aliphatic heterocycles. The second-order valence-electron chi connectivity index (χ2n) is 4.77. The zero-order valence-corrected chi connectivity index (χ0v) is 12.1. The largest absolute Gasteiger partial charge is 0.512 e. The summed E-state index contributed by atoms with van der Waals surface area (Å²) in [5, 5.41) is 18.3. The molecule has 0 aromatic carbocycles. The summed E-state index contributed by atoms with van der Waals surface area (Å²) < 4.78 is 6.48. The summed E-state index contributed by atoms with van der Waals surface area (Å²) in [5.41, 5.74) is 1.64. The molecule has 9 heteroatoms. The van der Waals surface area contributed by atoms with Crippen LogP contribution < -0.4 is 0 Å². The van der Waals surface area contributed by atoms with Crippen LogP contribution in [0.5, 0.6) is 0 Å². The van der Waals surface area contributed by atoms with Gasteiger partial charge < -0.3 is 14.9 Å². The van der Waals surface area contributed by atoms with Crippen LogP contribution in [0.3, 0.4) is 0 Å². The molecule has 0 saturated carbocycles. The Kier molecular flexibility index (Phi) is 3.18. The maximum atomic E-state index is 12.0. The van der Waals surface area contributed by atoms with E-state index < -0.39 is 12.1 Å². The van der Waals surface area contributed by atoms with E-state index in [0.29, 0.717) is 5.03 Å². The number of aliphatic hydroxyl groups excluding tert-OH is 1. The number of amides is 1. The number of carboxylic acid groups (broad SMARTS) is 1.